The van der Waals surface area contributed by atoms with Crippen molar-refractivity contribution >= 4 is 28.5 Å². The highest BCUT2D eigenvalue weighted by Gasteiger charge is 2.10. The van der Waals surface area contributed by atoms with Crippen LogP contribution in [0.3, 0.4) is 0 Å². The van der Waals surface area contributed by atoms with E-state index in [1.807, 2.05) is 6.07 Å². The first-order valence-electron chi connectivity index (χ1n) is 6.02. The van der Waals surface area contributed by atoms with Crippen molar-refractivity contribution in [2.45, 2.75) is 6.42 Å². The zero-order valence-corrected chi connectivity index (χ0v) is 11.1. The molecule has 3 rings (SSSR count). The number of nitrogens with one attached hydrogen (secondary N) is 1. The maximum absolute atomic E-state index is 12.2. The van der Waals surface area contributed by atoms with Crippen molar-refractivity contribution in [1.82, 2.24) is 4.98 Å². The molecule has 1 N–H and O–H groups in total. The third-order valence-corrected chi connectivity index (χ3v) is 3.23. The SMILES string of the molecule is O=C(Cc1cccc(Cl)c1)c1ccc2[nH]c(=O)oc2c1. The molecule has 20 heavy (non-hydrogen) atoms. The van der Waals surface area contributed by atoms with Gasteiger partial charge in [0.1, 0.15) is 0 Å². The molecule has 0 radical (unpaired) electrons. The molecule has 0 aliphatic carbocycles. The van der Waals surface area contributed by atoms with E-state index in [1.165, 1.54) is 0 Å². The van der Waals surface area contributed by atoms with Gasteiger partial charge in [0.05, 0.1) is 5.52 Å². The number of H-pyrrole nitrogens is 1. The van der Waals surface area contributed by atoms with E-state index in [-0.39, 0.29) is 12.2 Å². The molecule has 100 valence electrons. The van der Waals surface area contributed by atoms with E-state index in [0.29, 0.717) is 21.7 Å². The van der Waals surface area contributed by atoms with Crippen LogP contribution >= 0.6 is 11.6 Å². The average Bonchev–Trinajstić information content (AvgIpc) is 2.77. The van der Waals surface area contributed by atoms with Crippen molar-refractivity contribution in [2.24, 2.45) is 0 Å². The van der Waals surface area contributed by atoms with Gasteiger partial charge in [-0.1, -0.05) is 23.7 Å². The lowest BCUT2D eigenvalue weighted by molar-refractivity contribution is 0.0993. The first-order valence-corrected chi connectivity index (χ1v) is 6.40. The Bertz CT molecular complexity index is 847. The van der Waals surface area contributed by atoms with Gasteiger partial charge in [0.25, 0.3) is 0 Å². The van der Waals surface area contributed by atoms with Crippen molar-refractivity contribution in [3.05, 3.63) is 69.2 Å². The number of halogens is 1. The Labute approximate surface area is 119 Å². The summed E-state index contributed by atoms with van der Waals surface area (Å²) in [6, 6.07) is 12.1. The average molecular weight is 288 g/mol. The summed E-state index contributed by atoms with van der Waals surface area (Å²) in [6.45, 7) is 0. The topological polar surface area (TPSA) is 63.1 Å². The smallest absolute Gasteiger partial charge is 0.408 e. The third kappa shape index (κ3) is 2.51. The highest BCUT2D eigenvalue weighted by Crippen LogP contribution is 2.16. The van der Waals surface area contributed by atoms with Crippen LogP contribution in [-0.4, -0.2) is 10.8 Å². The Morgan fingerprint density at radius 3 is 2.85 bits per heavy atom. The molecule has 0 fully saturated rings. The number of aromatic amines is 1. The number of benzene rings is 2. The lowest BCUT2D eigenvalue weighted by Gasteiger charge is -2.02. The Hall–Kier alpha value is -2.33. The number of aromatic nitrogens is 1. The van der Waals surface area contributed by atoms with Gasteiger partial charge in [0, 0.05) is 17.0 Å². The van der Waals surface area contributed by atoms with Crippen LogP contribution in [0, 0.1) is 0 Å². The van der Waals surface area contributed by atoms with Crippen molar-refractivity contribution in [1.29, 1.82) is 0 Å². The summed E-state index contributed by atoms with van der Waals surface area (Å²) in [6.07, 6.45) is 0.251. The molecule has 5 heteroatoms. The Morgan fingerprint density at radius 1 is 1.20 bits per heavy atom. The molecule has 0 saturated carbocycles. The maximum Gasteiger partial charge on any atom is 0.417 e. The molecule has 1 aromatic heterocycles. The minimum atomic E-state index is -0.528. The normalized spacial score (nSPS) is 10.8. The van der Waals surface area contributed by atoms with Crippen LogP contribution in [0.25, 0.3) is 11.1 Å². The predicted molar refractivity (Wildman–Crippen MR) is 76.3 cm³/mol. The summed E-state index contributed by atoms with van der Waals surface area (Å²) in [5, 5.41) is 0.599. The lowest BCUT2D eigenvalue weighted by Crippen LogP contribution is -2.03. The molecule has 1 heterocycles. The Balaban J connectivity index is 1.90. The minimum Gasteiger partial charge on any atom is -0.408 e. The summed E-state index contributed by atoms with van der Waals surface area (Å²) < 4.78 is 4.94. The van der Waals surface area contributed by atoms with E-state index in [4.69, 9.17) is 16.0 Å². The van der Waals surface area contributed by atoms with Crippen LogP contribution in [0.15, 0.2) is 51.7 Å². The zero-order valence-electron chi connectivity index (χ0n) is 10.4. The lowest BCUT2D eigenvalue weighted by atomic mass is 10.0. The molecule has 0 unspecified atom stereocenters. The fraction of sp³-hybridized carbons (Fsp3) is 0.0667. The van der Waals surface area contributed by atoms with Gasteiger partial charge in [-0.15, -0.1) is 0 Å². The van der Waals surface area contributed by atoms with Crippen LogP contribution in [0.2, 0.25) is 5.02 Å². The molecule has 3 aromatic rings. The zero-order chi connectivity index (χ0) is 14.1. The fourth-order valence-corrected chi connectivity index (χ4v) is 2.27. The Morgan fingerprint density at radius 2 is 2.05 bits per heavy atom. The standard InChI is InChI=1S/C15H10ClNO3/c16-11-3-1-2-9(6-11)7-13(18)10-4-5-12-14(8-10)20-15(19)17-12/h1-6,8H,7H2,(H,17,19). The number of carbonyl (C=O) groups is 1. The summed E-state index contributed by atoms with van der Waals surface area (Å²) in [7, 11) is 0. The molecule has 0 aliphatic heterocycles. The second kappa shape index (κ2) is 4.98. The summed E-state index contributed by atoms with van der Waals surface area (Å²) >= 11 is 5.89. The maximum atomic E-state index is 12.2. The van der Waals surface area contributed by atoms with Gasteiger partial charge in [-0.3, -0.25) is 9.78 Å². The first-order chi connectivity index (χ1) is 9.61. The van der Waals surface area contributed by atoms with Gasteiger partial charge >= 0.3 is 5.76 Å². The second-order valence-corrected chi connectivity index (χ2v) is 4.89. The number of hydrogen-bond acceptors (Lipinski definition) is 3. The third-order valence-electron chi connectivity index (χ3n) is 3.00. The van der Waals surface area contributed by atoms with Gasteiger partial charge in [0.15, 0.2) is 11.4 Å². The van der Waals surface area contributed by atoms with Crippen molar-refractivity contribution in [2.75, 3.05) is 0 Å². The number of Topliss-reactive ketones (excluding diaryl/α,β-unsaturated/α-hetero) is 1. The fourth-order valence-electron chi connectivity index (χ4n) is 2.05. The summed E-state index contributed by atoms with van der Waals surface area (Å²) in [5.74, 6) is -0.586. The van der Waals surface area contributed by atoms with Gasteiger partial charge in [-0.2, -0.15) is 0 Å². The van der Waals surface area contributed by atoms with Gasteiger partial charge < -0.3 is 4.42 Å². The molecule has 0 spiro atoms. The van der Waals surface area contributed by atoms with Crippen molar-refractivity contribution < 1.29 is 9.21 Å². The van der Waals surface area contributed by atoms with E-state index >= 15 is 0 Å². The number of fused-ring (bicyclic) bond motifs is 1. The summed E-state index contributed by atoms with van der Waals surface area (Å²) in [5.41, 5.74) is 2.31. The quantitative estimate of drug-likeness (QED) is 0.752. The number of ketones is 1. The van der Waals surface area contributed by atoms with E-state index in [9.17, 15) is 9.59 Å². The second-order valence-electron chi connectivity index (χ2n) is 4.46. The number of rotatable bonds is 3. The van der Waals surface area contributed by atoms with Crippen LogP contribution in [-0.2, 0) is 6.42 Å². The van der Waals surface area contributed by atoms with Crippen LogP contribution < -0.4 is 5.76 Å². The highest BCUT2D eigenvalue weighted by molar-refractivity contribution is 6.30. The van der Waals surface area contributed by atoms with Gasteiger partial charge in [0.2, 0.25) is 0 Å². The monoisotopic (exact) mass is 287 g/mol. The molecule has 4 nitrogen and oxygen atoms in total. The van der Waals surface area contributed by atoms with Crippen molar-refractivity contribution in [3.8, 4) is 0 Å². The number of carbonyl (C=O) groups excluding carboxylic acids is 1. The predicted octanol–water partition coefficient (Wildman–Crippen LogP) is 3.20. The van der Waals surface area contributed by atoms with E-state index in [2.05, 4.69) is 4.98 Å². The molecular formula is C15H10ClNO3. The van der Waals surface area contributed by atoms with Crippen LogP contribution in [0.4, 0.5) is 0 Å². The van der Waals surface area contributed by atoms with Gasteiger partial charge in [-0.05, 0) is 35.9 Å². The molecular weight excluding hydrogens is 278 g/mol. The van der Waals surface area contributed by atoms with Crippen molar-refractivity contribution in [3.63, 3.8) is 0 Å². The largest absolute Gasteiger partial charge is 0.417 e. The van der Waals surface area contributed by atoms with E-state index in [1.54, 1.807) is 36.4 Å². The van der Waals surface area contributed by atoms with E-state index < -0.39 is 5.76 Å². The van der Waals surface area contributed by atoms with Gasteiger partial charge in [-0.25, -0.2) is 4.79 Å². The molecule has 0 saturated heterocycles. The van der Waals surface area contributed by atoms with Crippen LogP contribution in [0.5, 0.6) is 0 Å². The molecule has 0 aliphatic rings. The first kappa shape index (κ1) is 12.7. The number of oxazole rings is 1. The van der Waals surface area contributed by atoms with Crippen LogP contribution in [0.1, 0.15) is 15.9 Å². The number of hydrogen-bond donors (Lipinski definition) is 1. The Kier molecular flexibility index (Phi) is 3.16. The molecule has 2 aromatic carbocycles. The summed E-state index contributed by atoms with van der Waals surface area (Å²) in [4.78, 5) is 25.8. The molecule has 0 amide bonds. The minimum absolute atomic E-state index is 0.0574. The highest BCUT2D eigenvalue weighted by atomic mass is 35.5. The molecule has 0 bridgehead atoms. The molecule has 0 atom stereocenters. The van der Waals surface area contributed by atoms with E-state index in [0.717, 1.165) is 5.56 Å².